The first-order valence-corrected chi connectivity index (χ1v) is 13.5. The van der Waals surface area contributed by atoms with Crippen molar-refractivity contribution in [2.24, 2.45) is 0 Å². The van der Waals surface area contributed by atoms with Gasteiger partial charge in [-0.3, -0.25) is 13.9 Å². The Morgan fingerprint density at radius 3 is 2.26 bits per heavy atom. The quantitative estimate of drug-likeness (QED) is 0.397. The lowest BCUT2D eigenvalue weighted by Gasteiger charge is -2.33. The summed E-state index contributed by atoms with van der Waals surface area (Å²) in [6.45, 7) is 3.05. The molecule has 0 radical (unpaired) electrons. The Morgan fingerprint density at radius 1 is 1.03 bits per heavy atom. The van der Waals surface area contributed by atoms with Gasteiger partial charge in [-0.2, -0.15) is 0 Å². The Hall–Kier alpha value is -3.92. The maximum absolute atomic E-state index is 13.8. The van der Waals surface area contributed by atoms with Gasteiger partial charge in [0.2, 0.25) is 11.8 Å². The lowest BCUT2D eigenvalue weighted by Crippen LogP contribution is -2.51. The van der Waals surface area contributed by atoms with Gasteiger partial charge >= 0.3 is 0 Å². The van der Waals surface area contributed by atoms with Gasteiger partial charge in [0.15, 0.2) is 0 Å². The van der Waals surface area contributed by atoms with Crippen LogP contribution in [-0.2, 0) is 26.2 Å². The molecule has 0 spiro atoms. The van der Waals surface area contributed by atoms with Crippen LogP contribution in [0.1, 0.15) is 24.5 Å². The van der Waals surface area contributed by atoms with Crippen LogP contribution in [0.25, 0.3) is 0 Å². The third kappa shape index (κ3) is 6.69. The van der Waals surface area contributed by atoms with E-state index in [1.807, 2.05) is 6.92 Å². The van der Waals surface area contributed by atoms with Crippen molar-refractivity contribution in [3.05, 3.63) is 89.7 Å². The molecule has 0 saturated carbocycles. The Labute approximate surface area is 223 Å². The maximum atomic E-state index is 13.8. The average Bonchev–Trinajstić information content (AvgIpc) is 2.92. The monoisotopic (exact) mass is 541 g/mol. The average molecular weight is 542 g/mol. The fourth-order valence-corrected chi connectivity index (χ4v) is 5.44. The number of ether oxygens (including phenoxy) is 1. The van der Waals surface area contributed by atoms with Crippen LogP contribution in [0.4, 0.5) is 10.1 Å². The zero-order valence-electron chi connectivity index (χ0n) is 21.8. The number of hydrogen-bond donors (Lipinski definition) is 1. The molecule has 0 aliphatic heterocycles. The number of benzene rings is 3. The molecule has 0 aliphatic carbocycles. The summed E-state index contributed by atoms with van der Waals surface area (Å²) in [5, 5.41) is 2.58. The lowest BCUT2D eigenvalue weighted by molar-refractivity contribution is -0.140. The molecule has 38 heavy (non-hydrogen) atoms. The van der Waals surface area contributed by atoms with Crippen LogP contribution in [0.2, 0.25) is 0 Å². The van der Waals surface area contributed by atoms with Crippen LogP contribution in [0, 0.1) is 12.7 Å². The number of halogens is 1. The largest absolute Gasteiger partial charge is 0.497 e. The number of aryl methyl sites for hydroxylation is 1. The minimum Gasteiger partial charge on any atom is -0.497 e. The second-order valence-electron chi connectivity index (χ2n) is 8.71. The number of sulfonamides is 1. The second-order valence-corrected chi connectivity index (χ2v) is 10.6. The Kier molecular flexibility index (Phi) is 9.46. The van der Waals surface area contributed by atoms with Crippen LogP contribution < -0.4 is 14.4 Å². The minimum atomic E-state index is -4.21. The van der Waals surface area contributed by atoms with Crippen molar-refractivity contribution in [1.82, 2.24) is 10.2 Å². The molecule has 202 valence electrons. The van der Waals surface area contributed by atoms with E-state index < -0.39 is 34.3 Å². The SMILES string of the molecule is CCC(C(=O)NC)N(Cc1cccc(OC)c1)C(=O)CN(c1ccc(F)cc1)S(=O)(=O)c1ccc(C)cc1. The highest BCUT2D eigenvalue weighted by atomic mass is 32.2. The molecule has 2 amide bonds. The molecular formula is C28H32FN3O5S. The van der Waals surface area contributed by atoms with E-state index in [2.05, 4.69) is 5.32 Å². The van der Waals surface area contributed by atoms with Crippen LogP contribution in [0.15, 0.2) is 77.7 Å². The predicted molar refractivity (Wildman–Crippen MR) is 144 cm³/mol. The van der Waals surface area contributed by atoms with E-state index in [1.54, 1.807) is 43.3 Å². The highest BCUT2D eigenvalue weighted by molar-refractivity contribution is 7.92. The third-order valence-electron chi connectivity index (χ3n) is 6.12. The van der Waals surface area contributed by atoms with E-state index in [-0.39, 0.29) is 23.0 Å². The second kappa shape index (κ2) is 12.6. The van der Waals surface area contributed by atoms with Crippen molar-refractivity contribution in [2.45, 2.75) is 37.8 Å². The van der Waals surface area contributed by atoms with Gasteiger partial charge in [0.05, 0.1) is 17.7 Å². The molecule has 0 heterocycles. The number of carbonyl (C=O) groups is 2. The Morgan fingerprint density at radius 2 is 1.68 bits per heavy atom. The third-order valence-corrected chi connectivity index (χ3v) is 7.91. The van der Waals surface area contributed by atoms with E-state index in [1.165, 1.54) is 43.3 Å². The van der Waals surface area contributed by atoms with E-state index in [0.717, 1.165) is 22.0 Å². The van der Waals surface area contributed by atoms with Crippen LogP contribution in [-0.4, -0.2) is 51.9 Å². The summed E-state index contributed by atoms with van der Waals surface area (Å²) in [6.07, 6.45) is 0.302. The molecule has 10 heteroatoms. The zero-order valence-corrected chi connectivity index (χ0v) is 22.7. The number of nitrogens with zero attached hydrogens (tertiary/aromatic N) is 2. The van der Waals surface area contributed by atoms with Crippen molar-refractivity contribution in [3.63, 3.8) is 0 Å². The van der Waals surface area contributed by atoms with Gasteiger partial charge in [-0.05, 0) is 67.4 Å². The van der Waals surface area contributed by atoms with Gasteiger partial charge < -0.3 is 15.0 Å². The van der Waals surface area contributed by atoms with Crippen LogP contribution in [0.3, 0.4) is 0 Å². The fourth-order valence-electron chi connectivity index (χ4n) is 4.03. The number of hydrogen-bond acceptors (Lipinski definition) is 5. The van der Waals surface area contributed by atoms with E-state index in [0.29, 0.717) is 17.7 Å². The first kappa shape index (κ1) is 28.6. The standard InChI is InChI=1S/C28H32FN3O5S/c1-5-26(28(34)30-3)31(18-21-7-6-8-24(17-21)37-4)27(33)19-32(23-13-11-22(29)12-14-23)38(35,36)25-15-9-20(2)10-16-25/h6-17,26H,5,18-19H2,1-4H3,(H,30,34). The summed E-state index contributed by atoms with van der Waals surface area (Å²) < 4.78 is 47.4. The number of amides is 2. The summed E-state index contributed by atoms with van der Waals surface area (Å²) in [4.78, 5) is 27.9. The van der Waals surface area contributed by atoms with Crippen molar-refractivity contribution in [2.75, 3.05) is 25.0 Å². The topological polar surface area (TPSA) is 96.0 Å². The Balaban J connectivity index is 2.05. The zero-order chi connectivity index (χ0) is 27.9. The van der Waals surface area contributed by atoms with Gasteiger partial charge in [0.25, 0.3) is 10.0 Å². The maximum Gasteiger partial charge on any atom is 0.264 e. The summed E-state index contributed by atoms with van der Waals surface area (Å²) in [5.41, 5.74) is 1.69. The molecule has 0 aliphatic rings. The molecule has 0 aromatic heterocycles. The van der Waals surface area contributed by atoms with Crippen molar-refractivity contribution in [1.29, 1.82) is 0 Å². The molecule has 0 saturated heterocycles. The van der Waals surface area contributed by atoms with Crippen molar-refractivity contribution < 1.29 is 27.1 Å². The minimum absolute atomic E-state index is 0.0158. The molecule has 1 atom stereocenters. The van der Waals surface area contributed by atoms with Gasteiger partial charge in [0, 0.05) is 13.6 Å². The predicted octanol–water partition coefficient (Wildman–Crippen LogP) is 3.89. The molecule has 1 unspecified atom stereocenters. The van der Waals surface area contributed by atoms with Crippen LogP contribution in [0.5, 0.6) is 5.75 Å². The number of anilines is 1. The van der Waals surface area contributed by atoms with Gasteiger partial charge in [-0.25, -0.2) is 12.8 Å². The van der Waals surface area contributed by atoms with Crippen LogP contribution >= 0.6 is 0 Å². The lowest BCUT2D eigenvalue weighted by atomic mass is 10.1. The molecule has 8 nitrogen and oxygen atoms in total. The Bertz CT molecular complexity index is 1360. The molecular weight excluding hydrogens is 509 g/mol. The number of carbonyl (C=O) groups excluding carboxylic acids is 2. The molecule has 3 aromatic carbocycles. The highest BCUT2D eigenvalue weighted by Gasteiger charge is 2.33. The molecule has 1 N–H and O–H groups in total. The first-order valence-electron chi connectivity index (χ1n) is 12.1. The molecule has 3 rings (SSSR count). The molecule has 0 bridgehead atoms. The normalized spacial score (nSPS) is 11.9. The summed E-state index contributed by atoms with van der Waals surface area (Å²) in [5.74, 6) is -0.933. The van der Waals surface area contributed by atoms with Gasteiger partial charge in [-0.15, -0.1) is 0 Å². The van der Waals surface area contributed by atoms with Gasteiger partial charge in [0.1, 0.15) is 24.2 Å². The smallest absolute Gasteiger partial charge is 0.264 e. The summed E-state index contributed by atoms with van der Waals surface area (Å²) in [6, 6.07) is 17.3. The number of rotatable bonds is 11. The van der Waals surface area contributed by atoms with Gasteiger partial charge in [-0.1, -0.05) is 36.8 Å². The fraction of sp³-hybridized carbons (Fsp3) is 0.286. The first-order chi connectivity index (χ1) is 18.1. The van der Waals surface area contributed by atoms with Crippen molar-refractivity contribution in [3.8, 4) is 5.75 Å². The molecule has 3 aromatic rings. The highest BCUT2D eigenvalue weighted by Crippen LogP contribution is 2.26. The number of likely N-dealkylation sites (N-methyl/N-ethyl adjacent to an activating group) is 1. The van der Waals surface area contributed by atoms with E-state index in [4.69, 9.17) is 4.74 Å². The van der Waals surface area contributed by atoms with E-state index >= 15 is 0 Å². The van der Waals surface area contributed by atoms with Crippen molar-refractivity contribution >= 4 is 27.5 Å². The summed E-state index contributed by atoms with van der Waals surface area (Å²) >= 11 is 0. The summed E-state index contributed by atoms with van der Waals surface area (Å²) in [7, 11) is -1.21. The van der Waals surface area contributed by atoms with E-state index in [9.17, 15) is 22.4 Å². The molecule has 0 fully saturated rings. The number of methoxy groups -OCH3 is 1. The number of nitrogens with one attached hydrogen (secondary N) is 1.